The predicted molar refractivity (Wildman–Crippen MR) is 70.2 cm³/mol. The molecule has 0 spiro atoms. The quantitative estimate of drug-likeness (QED) is 0.586. The van der Waals surface area contributed by atoms with E-state index in [1.165, 1.54) is 26.4 Å². The van der Waals surface area contributed by atoms with Crippen molar-refractivity contribution in [3.05, 3.63) is 48.8 Å². The Morgan fingerprint density at radius 2 is 1.11 bits per heavy atom. The summed E-state index contributed by atoms with van der Waals surface area (Å²) in [6.07, 6.45) is 6.54. The van der Waals surface area contributed by atoms with Gasteiger partial charge in [-0.2, -0.15) is 13.8 Å². The van der Waals surface area contributed by atoms with Gasteiger partial charge in [0.05, 0.1) is 11.4 Å². The molecule has 2 heterocycles. The molecule has 0 aliphatic heterocycles. The second kappa shape index (κ2) is 14.4. The molecule has 0 atom stereocenters. The Hall–Kier alpha value is -1.70. The molecule has 0 amide bonds. The first-order valence-electron chi connectivity index (χ1n) is 5.20. The normalized spacial score (nSPS) is 7.47. The molecule has 4 nitrogen and oxygen atoms in total. The molecule has 0 radical (unpaired) electrons. The third kappa shape index (κ3) is 9.96. The predicted octanol–water partition coefficient (Wildman–Crippen LogP) is 2.37. The van der Waals surface area contributed by atoms with Gasteiger partial charge >= 0.3 is 20.4 Å². The minimum atomic E-state index is 0. The Balaban J connectivity index is 0. The molecule has 0 fully saturated rings. The van der Waals surface area contributed by atoms with E-state index in [0.29, 0.717) is 0 Å². The summed E-state index contributed by atoms with van der Waals surface area (Å²) >= 11 is 0. The number of rotatable bonds is 1. The SMILES string of the molecule is C[C-]=O.C[C-]=O.[Pd+2].c1ccc(-c2ccccn2)nc1. The van der Waals surface area contributed by atoms with Crippen LogP contribution in [0.4, 0.5) is 0 Å². The van der Waals surface area contributed by atoms with Gasteiger partial charge in [-0.3, -0.25) is 22.5 Å². The van der Waals surface area contributed by atoms with E-state index in [1.807, 2.05) is 36.4 Å². The van der Waals surface area contributed by atoms with Crippen molar-refractivity contribution in [3.8, 4) is 11.4 Å². The molecule has 0 aliphatic carbocycles. The van der Waals surface area contributed by atoms with E-state index in [-0.39, 0.29) is 20.4 Å². The first-order chi connectivity index (χ1) is 8.79. The summed E-state index contributed by atoms with van der Waals surface area (Å²) in [5.41, 5.74) is 1.83. The van der Waals surface area contributed by atoms with Crippen LogP contribution in [0.5, 0.6) is 0 Å². The van der Waals surface area contributed by atoms with Crippen LogP contribution >= 0.6 is 0 Å². The van der Waals surface area contributed by atoms with Crippen molar-refractivity contribution < 1.29 is 30.0 Å². The zero-order chi connectivity index (χ0) is 13.6. The maximum Gasteiger partial charge on any atom is 2.00 e. The minimum absolute atomic E-state index is 0. The number of hydrogen-bond donors (Lipinski definition) is 0. The Morgan fingerprint density at radius 1 is 0.789 bits per heavy atom. The van der Waals surface area contributed by atoms with E-state index < -0.39 is 0 Å². The van der Waals surface area contributed by atoms with E-state index in [4.69, 9.17) is 9.59 Å². The molecule has 0 aromatic carbocycles. The van der Waals surface area contributed by atoms with Crippen molar-refractivity contribution >= 4 is 12.6 Å². The largest absolute Gasteiger partial charge is 2.00 e. The van der Waals surface area contributed by atoms with Crippen LogP contribution in [0, 0.1) is 0 Å². The summed E-state index contributed by atoms with van der Waals surface area (Å²) in [7, 11) is 0. The second-order valence-electron chi connectivity index (χ2n) is 2.84. The number of aromatic nitrogens is 2. The third-order valence-corrected chi connectivity index (χ3v) is 1.59. The van der Waals surface area contributed by atoms with Gasteiger partial charge in [-0.05, 0) is 24.3 Å². The van der Waals surface area contributed by atoms with Gasteiger partial charge in [-0.1, -0.05) is 12.1 Å². The Labute approximate surface area is 127 Å². The number of nitrogens with zero attached hydrogens (tertiary/aromatic N) is 2. The van der Waals surface area contributed by atoms with E-state index in [9.17, 15) is 0 Å². The molecule has 0 unspecified atom stereocenters. The first kappa shape index (κ1) is 19.6. The maximum atomic E-state index is 8.68. The summed E-state index contributed by atoms with van der Waals surface area (Å²) in [5, 5.41) is 0. The monoisotopic (exact) mass is 348 g/mol. The zero-order valence-corrected chi connectivity index (χ0v) is 12.2. The van der Waals surface area contributed by atoms with E-state index in [0.717, 1.165) is 11.4 Å². The number of hydrogen-bond acceptors (Lipinski definition) is 4. The zero-order valence-electron chi connectivity index (χ0n) is 10.6. The second-order valence-corrected chi connectivity index (χ2v) is 2.84. The average molecular weight is 349 g/mol. The van der Waals surface area contributed by atoms with Gasteiger partial charge in [0.1, 0.15) is 0 Å². The van der Waals surface area contributed by atoms with Crippen molar-refractivity contribution in [1.82, 2.24) is 9.97 Å². The first-order valence-corrected chi connectivity index (χ1v) is 5.20. The van der Waals surface area contributed by atoms with Crippen molar-refractivity contribution in [1.29, 1.82) is 0 Å². The summed E-state index contributed by atoms with van der Waals surface area (Å²) in [6.45, 7) is 2.64. The summed E-state index contributed by atoms with van der Waals surface area (Å²) in [6, 6.07) is 11.6. The molecule has 2 aromatic heterocycles. The number of pyridine rings is 2. The molecule has 0 bridgehead atoms. The number of carbonyl (C=O) groups excluding carboxylic acids is 2. The Bertz CT molecular complexity index is 392. The van der Waals surface area contributed by atoms with E-state index in [2.05, 4.69) is 9.97 Å². The fraction of sp³-hybridized carbons (Fsp3) is 0.143. The fourth-order valence-electron chi connectivity index (χ4n) is 1.03. The third-order valence-electron chi connectivity index (χ3n) is 1.59. The topological polar surface area (TPSA) is 59.9 Å². The van der Waals surface area contributed by atoms with Gasteiger partial charge in [0.25, 0.3) is 0 Å². The standard InChI is InChI=1S/C10H8N2.2C2H3O.Pd/c1-3-7-11-9(5-1)10-6-2-4-8-12-10;2*1-2-3;/h1-8H;2*1H3;/q;2*-1;+2. The maximum absolute atomic E-state index is 8.68. The summed E-state index contributed by atoms with van der Waals surface area (Å²) < 4.78 is 0. The van der Waals surface area contributed by atoms with Gasteiger partial charge in [0.2, 0.25) is 0 Å². The minimum Gasteiger partial charge on any atom is -0.542 e. The molecule has 0 saturated heterocycles. The summed E-state index contributed by atoms with van der Waals surface area (Å²) in [4.78, 5) is 25.7. The van der Waals surface area contributed by atoms with Gasteiger partial charge in [0.15, 0.2) is 0 Å². The van der Waals surface area contributed by atoms with Crippen molar-refractivity contribution in [2.24, 2.45) is 0 Å². The fourth-order valence-corrected chi connectivity index (χ4v) is 1.03. The van der Waals surface area contributed by atoms with Crippen LogP contribution in [-0.2, 0) is 30.0 Å². The van der Waals surface area contributed by atoms with Crippen LogP contribution in [0.15, 0.2) is 48.8 Å². The van der Waals surface area contributed by atoms with Crippen LogP contribution in [0.3, 0.4) is 0 Å². The van der Waals surface area contributed by atoms with Crippen LogP contribution in [0.25, 0.3) is 11.4 Å². The van der Waals surface area contributed by atoms with Crippen LogP contribution in [0.1, 0.15) is 13.8 Å². The van der Waals surface area contributed by atoms with Crippen molar-refractivity contribution in [2.45, 2.75) is 13.8 Å². The molecule has 5 heteroatoms. The summed E-state index contributed by atoms with van der Waals surface area (Å²) in [5.74, 6) is 0. The molecule has 2 aromatic rings. The van der Waals surface area contributed by atoms with Gasteiger partial charge in [0, 0.05) is 12.4 Å². The van der Waals surface area contributed by atoms with Gasteiger partial charge in [-0.15, -0.1) is 0 Å². The van der Waals surface area contributed by atoms with Crippen molar-refractivity contribution in [3.63, 3.8) is 0 Å². The van der Waals surface area contributed by atoms with E-state index >= 15 is 0 Å². The molecular weight excluding hydrogens is 335 g/mol. The molecule has 2 rings (SSSR count). The van der Waals surface area contributed by atoms with Gasteiger partial charge < -0.3 is 9.59 Å². The molecule has 0 saturated carbocycles. The van der Waals surface area contributed by atoms with Crippen LogP contribution < -0.4 is 0 Å². The van der Waals surface area contributed by atoms with Crippen LogP contribution in [0.2, 0.25) is 0 Å². The molecular formula is C14H14N2O2Pd. The average Bonchev–Trinajstić information content (AvgIpc) is 2.43. The van der Waals surface area contributed by atoms with Gasteiger partial charge in [-0.25, -0.2) is 0 Å². The Kier molecular flexibility index (Phi) is 14.8. The van der Waals surface area contributed by atoms with E-state index in [1.54, 1.807) is 12.4 Å². The van der Waals surface area contributed by atoms with Crippen LogP contribution in [-0.4, -0.2) is 22.5 Å². The molecule has 19 heavy (non-hydrogen) atoms. The van der Waals surface area contributed by atoms with Crippen molar-refractivity contribution in [2.75, 3.05) is 0 Å². The smallest absolute Gasteiger partial charge is 0.542 e. The molecule has 102 valence electrons. The molecule has 0 N–H and O–H groups in total. The Morgan fingerprint density at radius 3 is 1.32 bits per heavy atom. The molecule has 0 aliphatic rings.